The van der Waals surface area contributed by atoms with Crippen LogP contribution in [0.3, 0.4) is 0 Å². The second-order valence-electron chi connectivity index (χ2n) is 2.85. The molecule has 0 saturated carbocycles. The molecule has 0 atom stereocenters. The lowest BCUT2D eigenvalue weighted by atomic mass is 10.3. The van der Waals surface area contributed by atoms with Gasteiger partial charge in [0, 0.05) is 4.88 Å². The van der Waals surface area contributed by atoms with Crippen molar-refractivity contribution in [2.45, 2.75) is 13.8 Å². The van der Waals surface area contributed by atoms with E-state index in [9.17, 15) is 4.79 Å². The molecule has 2 N–H and O–H groups in total. The fourth-order valence-electron chi connectivity index (χ4n) is 1.14. The summed E-state index contributed by atoms with van der Waals surface area (Å²) >= 11 is 1.52. The van der Waals surface area contributed by atoms with E-state index in [-0.39, 0.29) is 5.91 Å². The molecule has 68 valence electrons. The number of amides is 1. The molecule has 1 aromatic rings. The van der Waals surface area contributed by atoms with E-state index in [4.69, 9.17) is 0 Å². The van der Waals surface area contributed by atoms with E-state index in [1.807, 2.05) is 19.9 Å². The molecule has 1 aliphatic rings. The number of hydrazine groups is 1. The van der Waals surface area contributed by atoms with Crippen molar-refractivity contribution in [2.75, 3.05) is 0 Å². The molecule has 0 spiro atoms. The first-order chi connectivity index (χ1) is 6.16. The number of thiophene rings is 1. The van der Waals surface area contributed by atoms with Gasteiger partial charge in [-0.3, -0.25) is 15.6 Å². The summed E-state index contributed by atoms with van der Waals surface area (Å²) in [6.07, 6.45) is 0. The number of fused-ring (bicyclic) bond motifs is 1. The molecule has 2 heterocycles. The Bertz CT molecular complexity index is 394. The average molecular weight is 195 g/mol. The standard InChI is InChI=1S/C8H9N3OS/c1-4-3-6-7(12)11-10-5(2)9-8(6)13-4/h3H,1-2H3,(H,9,10)(H,11,12). The zero-order valence-electron chi connectivity index (χ0n) is 7.34. The van der Waals surface area contributed by atoms with E-state index in [1.54, 1.807) is 0 Å². The van der Waals surface area contributed by atoms with Crippen LogP contribution in [0.1, 0.15) is 22.2 Å². The third-order valence-electron chi connectivity index (χ3n) is 1.71. The number of carbonyl (C=O) groups is 1. The highest BCUT2D eigenvalue weighted by atomic mass is 32.1. The number of aryl methyl sites for hydroxylation is 1. The van der Waals surface area contributed by atoms with Crippen molar-refractivity contribution in [2.24, 2.45) is 4.99 Å². The molecule has 0 saturated heterocycles. The second kappa shape index (κ2) is 2.85. The van der Waals surface area contributed by atoms with E-state index in [0.29, 0.717) is 11.4 Å². The number of rotatable bonds is 0. The van der Waals surface area contributed by atoms with Gasteiger partial charge in [-0.2, -0.15) is 0 Å². The van der Waals surface area contributed by atoms with Crippen molar-refractivity contribution in [1.82, 2.24) is 10.9 Å². The molecule has 4 nitrogen and oxygen atoms in total. The number of aliphatic imine (C=N–C) groups is 1. The number of hydrogen-bond donors (Lipinski definition) is 2. The molecule has 1 aromatic heterocycles. The van der Waals surface area contributed by atoms with Crippen molar-refractivity contribution in [3.05, 3.63) is 16.5 Å². The summed E-state index contributed by atoms with van der Waals surface area (Å²) in [5, 5.41) is 0.775. The molecule has 0 aliphatic carbocycles. The maximum Gasteiger partial charge on any atom is 0.272 e. The van der Waals surface area contributed by atoms with Crippen molar-refractivity contribution in [3.8, 4) is 0 Å². The molecular weight excluding hydrogens is 186 g/mol. The number of nitrogens with one attached hydrogen (secondary N) is 2. The summed E-state index contributed by atoms with van der Waals surface area (Å²) in [4.78, 5) is 16.8. The van der Waals surface area contributed by atoms with Gasteiger partial charge in [-0.25, -0.2) is 4.99 Å². The lowest BCUT2D eigenvalue weighted by Gasteiger charge is -2.01. The Morgan fingerprint density at radius 1 is 1.38 bits per heavy atom. The van der Waals surface area contributed by atoms with Crippen LogP contribution in [0.25, 0.3) is 0 Å². The maximum atomic E-state index is 11.4. The first kappa shape index (κ1) is 8.25. The van der Waals surface area contributed by atoms with Crippen LogP contribution in [0.4, 0.5) is 5.00 Å². The second-order valence-corrected chi connectivity index (χ2v) is 4.09. The number of nitrogens with zero attached hydrogens (tertiary/aromatic N) is 1. The van der Waals surface area contributed by atoms with E-state index in [1.165, 1.54) is 11.3 Å². The molecule has 5 heteroatoms. The minimum atomic E-state index is -0.125. The highest BCUT2D eigenvalue weighted by Crippen LogP contribution is 2.30. The van der Waals surface area contributed by atoms with Gasteiger partial charge in [-0.05, 0) is 19.9 Å². The summed E-state index contributed by atoms with van der Waals surface area (Å²) < 4.78 is 0. The molecule has 2 rings (SSSR count). The van der Waals surface area contributed by atoms with Crippen LogP contribution in [0.2, 0.25) is 0 Å². The monoisotopic (exact) mass is 195 g/mol. The highest BCUT2D eigenvalue weighted by molar-refractivity contribution is 7.16. The molecule has 0 aromatic carbocycles. The third-order valence-corrected chi connectivity index (χ3v) is 2.65. The van der Waals surface area contributed by atoms with Crippen LogP contribution in [0.15, 0.2) is 11.1 Å². The Hall–Kier alpha value is -1.36. The summed E-state index contributed by atoms with van der Waals surface area (Å²) in [5.74, 6) is 0.578. The van der Waals surface area contributed by atoms with E-state index in [0.717, 1.165) is 9.88 Å². The van der Waals surface area contributed by atoms with Gasteiger partial charge in [0.1, 0.15) is 10.8 Å². The van der Waals surface area contributed by atoms with E-state index >= 15 is 0 Å². The minimum Gasteiger partial charge on any atom is -0.285 e. The molecule has 13 heavy (non-hydrogen) atoms. The van der Waals surface area contributed by atoms with Crippen molar-refractivity contribution in [1.29, 1.82) is 0 Å². The Labute approximate surface area is 79.7 Å². The topological polar surface area (TPSA) is 53.5 Å². The first-order valence-electron chi connectivity index (χ1n) is 3.89. The smallest absolute Gasteiger partial charge is 0.272 e. The largest absolute Gasteiger partial charge is 0.285 e. The zero-order valence-corrected chi connectivity index (χ0v) is 8.16. The van der Waals surface area contributed by atoms with Gasteiger partial charge >= 0.3 is 0 Å². The van der Waals surface area contributed by atoms with Crippen LogP contribution in [-0.2, 0) is 0 Å². The van der Waals surface area contributed by atoms with Gasteiger partial charge in [-0.15, -0.1) is 11.3 Å². The van der Waals surface area contributed by atoms with Crippen LogP contribution in [0, 0.1) is 6.92 Å². The lowest BCUT2D eigenvalue weighted by Crippen LogP contribution is -2.38. The van der Waals surface area contributed by atoms with Gasteiger partial charge < -0.3 is 0 Å². The van der Waals surface area contributed by atoms with Crippen molar-refractivity contribution in [3.63, 3.8) is 0 Å². The quantitative estimate of drug-likeness (QED) is 0.656. The maximum absolute atomic E-state index is 11.4. The van der Waals surface area contributed by atoms with Crippen LogP contribution in [-0.4, -0.2) is 11.7 Å². The normalized spacial score (nSPS) is 15.2. The molecule has 0 bridgehead atoms. The van der Waals surface area contributed by atoms with Crippen molar-refractivity contribution >= 4 is 28.1 Å². The Morgan fingerprint density at radius 2 is 2.15 bits per heavy atom. The molecule has 1 aliphatic heterocycles. The Kier molecular flexibility index (Phi) is 1.81. The third kappa shape index (κ3) is 1.42. The summed E-state index contributed by atoms with van der Waals surface area (Å²) in [7, 11) is 0. The first-order valence-corrected chi connectivity index (χ1v) is 4.70. The molecule has 1 amide bonds. The number of hydrogen-bond acceptors (Lipinski definition) is 4. The number of amidine groups is 1. The van der Waals surface area contributed by atoms with E-state index in [2.05, 4.69) is 15.8 Å². The Morgan fingerprint density at radius 3 is 2.92 bits per heavy atom. The van der Waals surface area contributed by atoms with Gasteiger partial charge in [0.15, 0.2) is 0 Å². The molecule has 0 radical (unpaired) electrons. The summed E-state index contributed by atoms with van der Waals surface area (Å²) in [5.41, 5.74) is 5.90. The predicted octanol–water partition coefficient (Wildman–Crippen LogP) is 1.35. The SMILES string of the molecule is CC1=Nc2sc(C)cc2C(=O)NN1. The fourth-order valence-corrected chi connectivity index (χ4v) is 2.07. The van der Waals surface area contributed by atoms with Crippen LogP contribution in [0.5, 0.6) is 0 Å². The minimum absolute atomic E-state index is 0.125. The van der Waals surface area contributed by atoms with Gasteiger partial charge in [0.2, 0.25) is 0 Å². The van der Waals surface area contributed by atoms with Crippen LogP contribution >= 0.6 is 11.3 Å². The summed E-state index contributed by atoms with van der Waals surface area (Å²) in [6.45, 7) is 3.77. The number of carbonyl (C=O) groups excluding carboxylic acids is 1. The lowest BCUT2D eigenvalue weighted by molar-refractivity contribution is 0.0946. The van der Waals surface area contributed by atoms with Gasteiger partial charge in [-0.1, -0.05) is 0 Å². The highest BCUT2D eigenvalue weighted by Gasteiger charge is 2.17. The fraction of sp³-hybridized carbons (Fsp3) is 0.250. The predicted molar refractivity (Wildman–Crippen MR) is 52.4 cm³/mol. The average Bonchev–Trinajstić information content (AvgIpc) is 2.37. The summed E-state index contributed by atoms with van der Waals surface area (Å²) in [6, 6.07) is 1.85. The van der Waals surface area contributed by atoms with Crippen molar-refractivity contribution < 1.29 is 4.79 Å². The Balaban J connectivity index is 2.56. The van der Waals surface area contributed by atoms with Crippen LogP contribution < -0.4 is 10.9 Å². The molecular formula is C8H9N3OS. The zero-order chi connectivity index (χ0) is 9.42. The molecule has 0 fully saturated rings. The van der Waals surface area contributed by atoms with Gasteiger partial charge in [0.05, 0.1) is 5.56 Å². The molecule has 0 unspecified atom stereocenters. The van der Waals surface area contributed by atoms with Gasteiger partial charge in [0.25, 0.3) is 5.91 Å². The van der Waals surface area contributed by atoms with E-state index < -0.39 is 0 Å².